The van der Waals surface area contributed by atoms with Crippen LogP contribution in [0.4, 0.5) is 13.2 Å². The van der Waals surface area contributed by atoms with Crippen molar-refractivity contribution in [3.05, 3.63) is 33.4 Å². The smallest absolute Gasteiger partial charge is 0.386 e. The third-order valence-corrected chi connectivity index (χ3v) is 3.51. The van der Waals surface area contributed by atoms with Crippen molar-refractivity contribution in [1.29, 1.82) is 0 Å². The van der Waals surface area contributed by atoms with Gasteiger partial charge in [0.2, 0.25) is 0 Å². The molecule has 0 fully saturated rings. The third-order valence-electron chi connectivity index (χ3n) is 3.51. The molecule has 0 saturated heterocycles. The van der Waals surface area contributed by atoms with Gasteiger partial charge >= 0.3 is 18.1 Å². The minimum absolute atomic E-state index is 0.125. The Morgan fingerprint density at radius 2 is 1.38 bits per heavy atom. The summed E-state index contributed by atoms with van der Waals surface area (Å²) < 4.78 is 43.9. The first-order valence-corrected chi connectivity index (χ1v) is 5.75. The zero-order valence-corrected chi connectivity index (χ0v) is 10.4. The summed E-state index contributed by atoms with van der Waals surface area (Å²) in [6.07, 6.45) is -5.77. The van der Waals surface area contributed by atoms with Crippen molar-refractivity contribution < 1.29 is 37.1 Å². The van der Waals surface area contributed by atoms with E-state index in [-0.39, 0.29) is 5.56 Å². The van der Waals surface area contributed by atoms with Crippen LogP contribution in [0.25, 0.3) is 0 Å². The number of Topliss-reactive ketones (excluding diaryl/α,β-unsaturated/α-hetero) is 2. The van der Waals surface area contributed by atoms with E-state index in [0.717, 1.165) is 0 Å². The van der Waals surface area contributed by atoms with Gasteiger partial charge in [0, 0.05) is 11.1 Å². The number of ketones is 2. The van der Waals surface area contributed by atoms with Gasteiger partial charge < -0.3 is 4.74 Å². The van der Waals surface area contributed by atoms with Crippen molar-refractivity contribution in [3.63, 3.8) is 0 Å². The van der Waals surface area contributed by atoms with Gasteiger partial charge in [-0.15, -0.1) is 0 Å². The van der Waals surface area contributed by atoms with Crippen LogP contribution in [0.2, 0.25) is 0 Å². The lowest BCUT2D eigenvalue weighted by Crippen LogP contribution is -2.19. The quantitative estimate of drug-likeness (QED) is 0.541. The van der Waals surface area contributed by atoms with Gasteiger partial charge in [-0.25, -0.2) is 9.59 Å². The van der Waals surface area contributed by atoms with Crippen LogP contribution in [0.1, 0.15) is 59.0 Å². The summed E-state index contributed by atoms with van der Waals surface area (Å²) >= 11 is 0. The molecule has 8 heteroatoms. The highest BCUT2D eigenvalue weighted by molar-refractivity contribution is 6.29. The first-order chi connectivity index (χ1) is 9.64. The van der Waals surface area contributed by atoms with E-state index in [4.69, 9.17) is 0 Å². The van der Waals surface area contributed by atoms with Crippen LogP contribution in [-0.4, -0.2) is 23.5 Å². The summed E-state index contributed by atoms with van der Waals surface area (Å²) in [5.74, 6) is -4.51. The highest BCUT2D eigenvalue weighted by Crippen LogP contribution is 2.44. The summed E-state index contributed by atoms with van der Waals surface area (Å²) in [5.41, 5.74) is -4.53. The normalized spacial score (nSPS) is 17.1. The van der Waals surface area contributed by atoms with Crippen molar-refractivity contribution in [2.75, 3.05) is 0 Å². The van der Waals surface area contributed by atoms with E-state index in [0.29, 0.717) is 0 Å². The third kappa shape index (κ3) is 1.58. The molecule has 3 rings (SSSR count). The van der Waals surface area contributed by atoms with E-state index in [2.05, 4.69) is 4.74 Å². The molecule has 0 amide bonds. The Bertz CT molecular complexity index is 718. The SMILES string of the molecule is Cc1c2c(c(C(F)(F)F)c3c1C(=O)OC3=O)C(=O)CC2=O. The van der Waals surface area contributed by atoms with Crippen molar-refractivity contribution in [2.24, 2.45) is 0 Å². The van der Waals surface area contributed by atoms with Crippen molar-refractivity contribution in [3.8, 4) is 0 Å². The van der Waals surface area contributed by atoms with Crippen LogP contribution in [0, 0.1) is 6.92 Å². The fourth-order valence-corrected chi connectivity index (χ4v) is 2.75. The predicted molar refractivity (Wildman–Crippen MR) is 59.2 cm³/mol. The molecule has 0 spiro atoms. The highest BCUT2D eigenvalue weighted by Gasteiger charge is 2.50. The number of esters is 2. The van der Waals surface area contributed by atoms with Crippen molar-refractivity contribution in [1.82, 2.24) is 0 Å². The summed E-state index contributed by atoms with van der Waals surface area (Å²) in [7, 11) is 0. The molecule has 0 unspecified atom stereocenters. The number of carbonyl (C=O) groups excluding carboxylic acids is 4. The lowest BCUT2D eigenvalue weighted by Gasteiger charge is -2.15. The predicted octanol–water partition coefficient (Wildman–Crippen LogP) is 2.09. The average Bonchev–Trinajstić information content (AvgIpc) is 2.77. The van der Waals surface area contributed by atoms with Gasteiger partial charge in [-0.2, -0.15) is 13.2 Å². The largest absolute Gasteiger partial charge is 0.418 e. The molecule has 0 aromatic heterocycles. The Morgan fingerprint density at radius 3 is 1.95 bits per heavy atom. The Kier molecular flexibility index (Phi) is 2.42. The Balaban J connectivity index is 2.56. The highest BCUT2D eigenvalue weighted by atomic mass is 19.4. The van der Waals surface area contributed by atoms with Crippen LogP contribution in [0.3, 0.4) is 0 Å². The maximum Gasteiger partial charge on any atom is 0.418 e. The molecule has 0 N–H and O–H groups in total. The summed E-state index contributed by atoms with van der Waals surface area (Å²) in [6, 6.07) is 0. The molecule has 0 saturated carbocycles. The molecule has 1 aliphatic carbocycles. The molecular weight excluding hydrogens is 293 g/mol. The molecule has 2 aliphatic rings. The van der Waals surface area contributed by atoms with Gasteiger partial charge in [0.05, 0.1) is 23.1 Å². The Labute approximate surface area is 114 Å². The van der Waals surface area contributed by atoms with Crippen molar-refractivity contribution >= 4 is 23.5 Å². The maximum absolute atomic E-state index is 13.2. The topological polar surface area (TPSA) is 77.5 Å². The number of carbonyl (C=O) groups is 4. The molecule has 0 atom stereocenters. The van der Waals surface area contributed by atoms with Crippen LogP contribution in [0.5, 0.6) is 0 Å². The second kappa shape index (κ2) is 3.78. The van der Waals surface area contributed by atoms with E-state index in [1.54, 1.807) is 0 Å². The van der Waals surface area contributed by atoms with Gasteiger partial charge in [-0.05, 0) is 12.5 Å². The lowest BCUT2D eigenvalue weighted by molar-refractivity contribution is -0.138. The second-order valence-corrected chi connectivity index (χ2v) is 4.70. The average molecular weight is 298 g/mol. The second-order valence-electron chi connectivity index (χ2n) is 4.70. The molecule has 0 radical (unpaired) electrons. The first kappa shape index (κ1) is 13.5. The Morgan fingerprint density at radius 1 is 0.857 bits per heavy atom. The minimum Gasteiger partial charge on any atom is -0.386 e. The monoisotopic (exact) mass is 298 g/mol. The van der Waals surface area contributed by atoms with E-state index in [9.17, 15) is 32.3 Å². The van der Waals surface area contributed by atoms with Gasteiger partial charge in [-0.1, -0.05) is 0 Å². The first-order valence-electron chi connectivity index (χ1n) is 5.75. The molecule has 1 aromatic carbocycles. The van der Waals surface area contributed by atoms with Crippen LogP contribution >= 0.6 is 0 Å². The number of ether oxygens (including phenoxy) is 1. The maximum atomic E-state index is 13.2. The molecule has 21 heavy (non-hydrogen) atoms. The standard InChI is InChI=1S/C13H5F3O5/c1-3-6-4(17)2-5(18)8(6)10(13(14,15)16)9-7(3)11(19)21-12(9)20/h2H2,1H3. The van der Waals surface area contributed by atoms with Gasteiger partial charge in [0.1, 0.15) is 0 Å². The van der Waals surface area contributed by atoms with E-state index in [1.165, 1.54) is 6.92 Å². The minimum atomic E-state index is -5.06. The van der Waals surface area contributed by atoms with Crippen LogP contribution in [-0.2, 0) is 10.9 Å². The number of benzene rings is 1. The number of alkyl halides is 3. The number of fused-ring (bicyclic) bond motifs is 2. The van der Waals surface area contributed by atoms with Crippen molar-refractivity contribution in [2.45, 2.75) is 19.5 Å². The number of hydrogen-bond acceptors (Lipinski definition) is 5. The molecule has 1 aromatic rings. The molecule has 5 nitrogen and oxygen atoms in total. The zero-order chi connectivity index (χ0) is 15.7. The van der Waals surface area contributed by atoms with Gasteiger partial charge in [-0.3, -0.25) is 9.59 Å². The number of hydrogen-bond donors (Lipinski definition) is 0. The van der Waals surface area contributed by atoms with Gasteiger partial charge in [0.25, 0.3) is 0 Å². The zero-order valence-electron chi connectivity index (χ0n) is 10.4. The van der Waals surface area contributed by atoms with E-state index < -0.39 is 63.9 Å². The summed E-state index contributed by atoms with van der Waals surface area (Å²) in [6.45, 7) is 1.22. The lowest BCUT2D eigenvalue weighted by atomic mass is 9.88. The molecular formula is C13H5F3O5. The molecule has 1 heterocycles. The van der Waals surface area contributed by atoms with Crippen LogP contribution < -0.4 is 0 Å². The molecule has 0 bridgehead atoms. The number of rotatable bonds is 0. The van der Waals surface area contributed by atoms with E-state index >= 15 is 0 Å². The number of cyclic esters (lactones) is 2. The number of halogens is 3. The van der Waals surface area contributed by atoms with E-state index in [1.807, 2.05) is 0 Å². The summed E-state index contributed by atoms with van der Waals surface area (Å²) in [5, 5.41) is 0. The van der Waals surface area contributed by atoms with Crippen LogP contribution in [0.15, 0.2) is 0 Å². The fraction of sp³-hybridized carbons (Fsp3) is 0.231. The molecule has 108 valence electrons. The fourth-order valence-electron chi connectivity index (χ4n) is 2.75. The Hall–Kier alpha value is -2.51. The van der Waals surface area contributed by atoms with Gasteiger partial charge in [0.15, 0.2) is 11.6 Å². The summed E-state index contributed by atoms with van der Waals surface area (Å²) in [4.78, 5) is 46.6. The molecule has 1 aliphatic heterocycles.